The molecule has 19 heavy (non-hydrogen) atoms. The van der Waals surface area contributed by atoms with E-state index in [-0.39, 0.29) is 5.97 Å². The fraction of sp³-hybridized carbons (Fsp3) is 0.533. The number of esters is 1. The van der Waals surface area contributed by atoms with Crippen LogP contribution >= 0.6 is 0 Å². The minimum absolute atomic E-state index is 0.295. The van der Waals surface area contributed by atoms with Crippen molar-refractivity contribution < 1.29 is 9.53 Å². The summed E-state index contributed by atoms with van der Waals surface area (Å²) in [5, 5.41) is 0. The number of carbonyl (C=O) groups excluding carboxylic acids is 1. The molecule has 1 saturated carbocycles. The number of anilines is 2. The van der Waals surface area contributed by atoms with Crippen LogP contribution in [0.5, 0.6) is 0 Å². The average Bonchev–Trinajstić information content (AvgIpc) is 3.05. The van der Waals surface area contributed by atoms with Gasteiger partial charge in [0, 0.05) is 13.6 Å². The zero-order valence-electron chi connectivity index (χ0n) is 11.8. The quantitative estimate of drug-likeness (QED) is 0.654. The predicted octanol–water partition coefficient (Wildman–Crippen LogP) is 2.54. The Kier molecular flexibility index (Phi) is 3.98. The van der Waals surface area contributed by atoms with Crippen LogP contribution in [0.3, 0.4) is 0 Å². The molecule has 2 rings (SSSR count). The third kappa shape index (κ3) is 3.19. The lowest BCUT2D eigenvalue weighted by molar-refractivity contribution is 0.0526. The summed E-state index contributed by atoms with van der Waals surface area (Å²) in [6.45, 7) is 5.43. The number of nitrogens with two attached hydrogens (primary N) is 1. The lowest BCUT2D eigenvalue weighted by Crippen LogP contribution is -2.22. The van der Waals surface area contributed by atoms with E-state index in [2.05, 4.69) is 11.8 Å². The molecule has 1 aromatic carbocycles. The summed E-state index contributed by atoms with van der Waals surface area (Å²) in [6, 6.07) is 5.30. The van der Waals surface area contributed by atoms with E-state index in [1.54, 1.807) is 19.1 Å². The number of ether oxygens (including phenoxy) is 1. The van der Waals surface area contributed by atoms with Crippen molar-refractivity contribution in [3.05, 3.63) is 23.8 Å². The number of hydrogen-bond acceptors (Lipinski definition) is 4. The predicted molar refractivity (Wildman–Crippen MR) is 77.4 cm³/mol. The molecular weight excluding hydrogens is 240 g/mol. The first-order chi connectivity index (χ1) is 9.02. The zero-order valence-corrected chi connectivity index (χ0v) is 11.8. The van der Waals surface area contributed by atoms with E-state index in [0.29, 0.717) is 17.9 Å². The molecule has 0 radical (unpaired) electrons. The summed E-state index contributed by atoms with van der Waals surface area (Å²) < 4.78 is 5.01. The van der Waals surface area contributed by atoms with Gasteiger partial charge in [0.15, 0.2) is 0 Å². The first-order valence-corrected chi connectivity index (χ1v) is 6.80. The molecule has 2 N–H and O–H groups in total. The van der Waals surface area contributed by atoms with Crippen LogP contribution in [0.2, 0.25) is 0 Å². The van der Waals surface area contributed by atoms with Crippen molar-refractivity contribution in [2.45, 2.75) is 20.3 Å². The van der Waals surface area contributed by atoms with Gasteiger partial charge in [-0.2, -0.15) is 0 Å². The molecule has 0 heterocycles. The Labute approximate surface area is 114 Å². The van der Waals surface area contributed by atoms with E-state index in [4.69, 9.17) is 10.5 Å². The second kappa shape index (κ2) is 5.51. The van der Waals surface area contributed by atoms with Crippen molar-refractivity contribution in [2.75, 3.05) is 30.8 Å². The minimum atomic E-state index is -0.295. The van der Waals surface area contributed by atoms with Crippen molar-refractivity contribution in [1.82, 2.24) is 0 Å². The van der Waals surface area contributed by atoms with Crippen LogP contribution < -0.4 is 10.6 Å². The Morgan fingerprint density at radius 3 is 2.79 bits per heavy atom. The molecular formula is C15H22N2O2. The van der Waals surface area contributed by atoms with Crippen LogP contribution in [0.1, 0.15) is 30.6 Å². The smallest absolute Gasteiger partial charge is 0.338 e. The first kappa shape index (κ1) is 13.7. The fourth-order valence-corrected chi connectivity index (χ4v) is 2.32. The lowest BCUT2D eigenvalue weighted by Gasteiger charge is -2.21. The number of nitrogens with zero attached hydrogens (tertiary/aromatic N) is 1. The van der Waals surface area contributed by atoms with Gasteiger partial charge in [0.1, 0.15) is 0 Å². The highest BCUT2D eigenvalue weighted by Gasteiger charge is 2.33. The Balaban J connectivity index is 2.14. The van der Waals surface area contributed by atoms with Crippen molar-refractivity contribution in [3.63, 3.8) is 0 Å². The van der Waals surface area contributed by atoms with Gasteiger partial charge < -0.3 is 15.4 Å². The first-order valence-electron chi connectivity index (χ1n) is 6.80. The molecule has 104 valence electrons. The molecule has 4 heteroatoms. The summed E-state index contributed by atoms with van der Waals surface area (Å²) in [6.07, 6.45) is 1.28. The number of nitrogen functional groups attached to an aromatic ring is 1. The second-order valence-corrected chi connectivity index (χ2v) is 5.35. The molecule has 0 spiro atoms. The fourth-order valence-electron chi connectivity index (χ4n) is 2.32. The molecule has 0 saturated heterocycles. The third-order valence-electron chi connectivity index (χ3n) is 3.74. The van der Waals surface area contributed by atoms with Crippen LogP contribution in [-0.2, 0) is 4.74 Å². The van der Waals surface area contributed by atoms with Crippen molar-refractivity contribution >= 4 is 17.3 Å². The highest BCUT2D eigenvalue weighted by Crippen LogP contribution is 2.39. The molecule has 4 nitrogen and oxygen atoms in total. The maximum absolute atomic E-state index is 11.7. The van der Waals surface area contributed by atoms with E-state index in [1.165, 1.54) is 6.42 Å². The van der Waals surface area contributed by atoms with Gasteiger partial charge in [-0.05, 0) is 43.4 Å². The van der Waals surface area contributed by atoms with Gasteiger partial charge in [0.25, 0.3) is 0 Å². The molecule has 1 aliphatic carbocycles. The Morgan fingerprint density at radius 2 is 2.21 bits per heavy atom. The SMILES string of the molecule is CCOC(=O)c1ccc(N)c(N(C)CC2CC2C)c1. The molecule has 2 unspecified atom stereocenters. The summed E-state index contributed by atoms with van der Waals surface area (Å²) in [5.41, 5.74) is 8.16. The summed E-state index contributed by atoms with van der Waals surface area (Å²) in [5.74, 6) is 1.25. The highest BCUT2D eigenvalue weighted by atomic mass is 16.5. The number of carbonyl (C=O) groups is 1. The molecule has 2 atom stereocenters. The van der Waals surface area contributed by atoms with E-state index in [1.807, 2.05) is 13.1 Å². The summed E-state index contributed by atoms with van der Waals surface area (Å²) >= 11 is 0. The third-order valence-corrected chi connectivity index (χ3v) is 3.74. The Morgan fingerprint density at radius 1 is 1.53 bits per heavy atom. The minimum Gasteiger partial charge on any atom is -0.462 e. The summed E-state index contributed by atoms with van der Waals surface area (Å²) in [4.78, 5) is 13.9. The standard InChI is InChI=1S/C15H22N2O2/c1-4-19-15(18)11-5-6-13(16)14(8-11)17(3)9-12-7-10(12)2/h5-6,8,10,12H,4,7,9,16H2,1-3H3. The van der Waals surface area contributed by atoms with Crippen LogP contribution in [0.15, 0.2) is 18.2 Å². The van der Waals surface area contributed by atoms with Crippen LogP contribution in [0.25, 0.3) is 0 Å². The zero-order chi connectivity index (χ0) is 14.0. The topological polar surface area (TPSA) is 55.6 Å². The number of hydrogen-bond donors (Lipinski definition) is 1. The van der Waals surface area contributed by atoms with Crippen molar-refractivity contribution in [2.24, 2.45) is 11.8 Å². The Bertz CT molecular complexity index is 473. The normalized spacial score (nSPS) is 21.0. The van der Waals surface area contributed by atoms with E-state index >= 15 is 0 Å². The number of rotatable bonds is 5. The van der Waals surface area contributed by atoms with Crippen molar-refractivity contribution in [1.29, 1.82) is 0 Å². The van der Waals surface area contributed by atoms with Gasteiger partial charge in [-0.25, -0.2) is 4.79 Å². The van der Waals surface area contributed by atoms with E-state index < -0.39 is 0 Å². The van der Waals surface area contributed by atoms with Gasteiger partial charge in [-0.15, -0.1) is 0 Å². The van der Waals surface area contributed by atoms with Crippen LogP contribution in [-0.4, -0.2) is 26.2 Å². The second-order valence-electron chi connectivity index (χ2n) is 5.35. The van der Waals surface area contributed by atoms with Crippen LogP contribution in [0.4, 0.5) is 11.4 Å². The maximum atomic E-state index is 11.7. The van der Waals surface area contributed by atoms with Crippen LogP contribution in [0, 0.1) is 11.8 Å². The van der Waals surface area contributed by atoms with Gasteiger partial charge >= 0.3 is 5.97 Å². The lowest BCUT2D eigenvalue weighted by atomic mass is 10.1. The molecule has 0 bridgehead atoms. The average molecular weight is 262 g/mol. The largest absolute Gasteiger partial charge is 0.462 e. The monoisotopic (exact) mass is 262 g/mol. The van der Waals surface area contributed by atoms with Gasteiger partial charge in [0.2, 0.25) is 0 Å². The molecule has 0 aliphatic heterocycles. The molecule has 1 aromatic rings. The maximum Gasteiger partial charge on any atom is 0.338 e. The molecule has 0 aromatic heterocycles. The molecule has 0 amide bonds. The highest BCUT2D eigenvalue weighted by molar-refractivity contribution is 5.92. The Hall–Kier alpha value is -1.71. The van der Waals surface area contributed by atoms with E-state index in [9.17, 15) is 4.79 Å². The number of benzene rings is 1. The molecule has 1 fully saturated rings. The molecule has 1 aliphatic rings. The van der Waals surface area contributed by atoms with Gasteiger partial charge in [0.05, 0.1) is 23.5 Å². The summed E-state index contributed by atoms with van der Waals surface area (Å²) in [7, 11) is 2.02. The van der Waals surface area contributed by atoms with Gasteiger partial charge in [-0.3, -0.25) is 0 Å². The van der Waals surface area contributed by atoms with E-state index in [0.717, 1.165) is 24.1 Å². The van der Waals surface area contributed by atoms with Gasteiger partial charge in [-0.1, -0.05) is 6.92 Å². The van der Waals surface area contributed by atoms with Crippen molar-refractivity contribution in [3.8, 4) is 0 Å².